The summed E-state index contributed by atoms with van der Waals surface area (Å²) in [4.78, 5) is 2.92. The Morgan fingerprint density at radius 3 is 2.46 bits per heavy atom. The zero-order valence-electron chi connectivity index (χ0n) is 6.06. The fraction of sp³-hybridized carbons (Fsp3) is 0.143. The quantitative estimate of drug-likeness (QED) is 0.636. The van der Waals surface area contributed by atoms with Crippen LogP contribution in [-0.4, -0.2) is 4.98 Å². The van der Waals surface area contributed by atoms with Crippen molar-refractivity contribution in [2.45, 2.75) is 6.43 Å². The van der Waals surface area contributed by atoms with Gasteiger partial charge in [0, 0.05) is 6.07 Å². The van der Waals surface area contributed by atoms with Crippen molar-refractivity contribution in [2.24, 2.45) is 0 Å². The molecule has 6 heteroatoms. The first-order valence-corrected chi connectivity index (χ1v) is 3.10. The van der Waals surface area contributed by atoms with E-state index < -0.39 is 29.4 Å². The van der Waals surface area contributed by atoms with Gasteiger partial charge in [-0.1, -0.05) is 0 Å². The summed E-state index contributed by atoms with van der Waals surface area (Å²) in [6.07, 6.45) is -3.23. The van der Waals surface area contributed by atoms with Crippen molar-refractivity contribution in [3.8, 4) is 6.07 Å². The van der Waals surface area contributed by atoms with Crippen LogP contribution in [-0.2, 0) is 0 Å². The average molecular weight is 190 g/mol. The van der Waals surface area contributed by atoms with Gasteiger partial charge in [-0.3, -0.25) is 0 Å². The number of rotatable bonds is 1. The number of hydrogen-bond donors (Lipinski definition) is 0. The molecule has 0 saturated heterocycles. The Kier molecular flexibility index (Phi) is 2.46. The monoisotopic (exact) mass is 190 g/mol. The zero-order chi connectivity index (χ0) is 10.0. The van der Waals surface area contributed by atoms with Crippen molar-refractivity contribution >= 4 is 0 Å². The van der Waals surface area contributed by atoms with Crippen molar-refractivity contribution in [2.75, 3.05) is 0 Å². The van der Waals surface area contributed by atoms with Crippen LogP contribution in [0.3, 0.4) is 0 Å². The molecule has 0 bridgehead atoms. The summed E-state index contributed by atoms with van der Waals surface area (Å²) in [6.45, 7) is 0. The molecule has 0 radical (unpaired) electrons. The molecule has 0 unspecified atom stereocenters. The van der Waals surface area contributed by atoms with Crippen LogP contribution in [0.2, 0.25) is 0 Å². The molecule has 68 valence electrons. The molecule has 0 saturated carbocycles. The highest BCUT2D eigenvalue weighted by Gasteiger charge is 2.20. The smallest absolute Gasteiger partial charge is 0.233 e. The maximum Gasteiger partial charge on any atom is 0.283 e. The maximum atomic E-state index is 12.5. The predicted octanol–water partition coefficient (Wildman–Crippen LogP) is 2.17. The van der Waals surface area contributed by atoms with Crippen molar-refractivity contribution in [3.05, 3.63) is 29.1 Å². The molecule has 1 heterocycles. The molecule has 0 spiro atoms. The van der Waals surface area contributed by atoms with Gasteiger partial charge in [-0.15, -0.1) is 0 Å². The van der Waals surface area contributed by atoms with E-state index in [2.05, 4.69) is 4.98 Å². The van der Waals surface area contributed by atoms with Gasteiger partial charge in [0.25, 0.3) is 6.43 Å². The third-order valence-electron chi connectivity index (χ3n) is 1.26. The summed E-state index contributed by atoms with van der Waals surface area (Å²) in [5, 5.41) is 8.21. The minimum atomic E-state index is -3.23. The van der Waals surface area contributed by atoms with Crippen molar-refractivity contribution < 1.29 is 17.6 Å². The van der Waals surface area contributed by atoms with Gasteiger partial charge in [0.05, 0.1) is 0 Å². The molecule has 0 aromatic carbocycles. The molecule has 1 rings (SSSR count). The number of halogens is 4. The van der Waals surface area contributed by atoms with E-state index >= 15 is 0 Å². The minimum Gasteiger partial charge on any atom is -0.233 e. The second-order valence-corrected chi connectivity index (χ2v) is 2.10. The first-order valence-electron chi connectivity index (χ1n) is 3.10. The number of alkyl halides is 2. The van der Waals surface area contributed by atoms with E-state index in [1.165, 1.54) is 6.07 Å². The van der Waals surface area contributed by atoms with Crippen LogP contribution in [0, 0.1) is 23.0 Å². The van der Waals surface area contributed by atoms with E-state index in [9.17, 15) is 17.6 Å². The van der Waals surface area contributed by atoms with Gasteiger partial charge >= 0.3 is 0 Å². The highest BCUT2D eigenvalue weighted by molar-refractivity contribution is 5.25. The molecule has 0 fully saturated rings. The first-order chi connectivity index (χ1) is 6.06. The Labute approximate surface area is 70.4 Å². The van der Waals surface area contributed by atoms with Gasteiger partial charge in [-0.2, -0.15) is 5.26 Å². The molecule has 13 heavy (non-hydrogen) atoms. The fourth-order valence-corrected chi connectivity index (χ4v) is 0.719. The van der Waals surface area contributed by atoms with Crippen LogP contribution in [0.25, 0.3) is 0 Å². The summed E-state index contributed by atoms with van der Waals surface area (Å²) in [5.41, 5.74) is -1.91. The molecular weight excluding hydrogens is 188 g/mol. The second kappa shape index (κ2) is 3.39. The van der Waals surface area contributed by atoms with Crippen molar-refractivity contribution in [1.82, 2.24) is 4.98 Å². The van der Waals surface area contributed by atoms with E-state index in [0.717, 1.165) is 0 Å². The molecule has 0 N–H and O–H groups in total. The summed E-state index contributed by atoms with van der Waals surface area (Å²) in [5.74, 6) is -3.21. The molecule has 0 aliphatic heterocycles. The summed E-state index contributed by atoms with van der Waals surface area (Å²) >= 11 is 0. The van der Waals surface area contributed by atoms with Gasteiger partial charge in [0.2, 0.25) is 0 Å². The zero-order valence-corrected chi connectivity index (χ0v) is 6.06. The van der Waals surface area contributed by atoms with Crippen LogP contribution >= 0.6 is 0 Å². The molecule has 0 amide bonds. The first kappa shape index (κ1) is 9.45. The molecule has 1 aromatic rings. The van der Waals surface area contributed by atoms with E-state index in [1.807, 2.05) is 0 Å². The van der Waals surface area contributed by atoms with Gasteiger partial charge in [0.1, 0.15) is 17.5 Å². The van der Waals surface area contributed by atoms with Crippen LogP contribution in [0.1, 0.15) is 17.8 Å². The molecule has 1 aromatic heterocycles. The maximum absolute atomic E-state index is 12.5. The van der Waals surface area contributed by atoms with Crippen LogP contribution in [0.5, 0.6) is 0 Å². The second-order valence-electron chi connectivity index (χ2n) is 2.10. The van der Waals surface area contributed by atoms with E-state index in [1.54, 1.807) is 0 Å². The largest absolute Gasteiger partial charge is 0.283 e. The highest BCUT2D eigenvalue weighted by Crippen LogP contribution is 2.21. The van der Waals surface area contributed by atoms with Gasteiger partial charge in [-0.25, -0.2) is 22.5 Å². The Hall–Kier alpha value is -1.64. The lowest BCUT2D eigenvalue weighted by molar-refractivity contribution is 0.139. The van der Waals surface area contributed by atoms with Crippen LogP contribution in [0.4, 0.5) is 17.6 Å². The van der Waals surface area contributed by atoms with Gasteiger partial charge in [0.15, 0.2) is 11.6 Å². The van der Waals surface area contributed by atoms with Crippen molar-refractivity contribution in [1.29, 1.82) is 5.26 Å². The Balaban J connectivity index is 3.35. The SMILES string of the molecule is N#Cc1cc(F)c(F)c(C(F)F)n1. The Bertz CT molecular complexity index is 369. The lowest BCUT2D eigenvalue weighted by Gasteiger charge is -2.01. The predicted molar refractivity (Wildman–Crippen MR) is 33.8 cm³/mol. The van der Waals surface area contributed by atoms with Crippen LogP contribution < -0.4 is 0 Å². The van der Waals surface area contributed by atoms with Gasteiger partial charge < -0.3 is 0 Å². The number of nitriles is 1. The fourth-order valence-electron chi connectivity index (χ4n) is 0.719. The highest BCUT2D eigenvalue weighted by atomic mass is 19.3. The Morgan fingerprint density at radius 2 is 2.00 bits per heavy atom. The average Bonchev–Trinajstić information content (AvgIpc) is 2.09. The molecule has 0 aliphatic carbocycles. The normalized spacial score (nSPS) is 10.2. The molecule has 2 nitrogen and oxygen atoms in total. The summed E-state index contributed by atoms with van der Waals surface area (Å²) < 4.78 is 48.9. The lowest BCUT2D eigenvalue weighted by Crippen LogP contribution is -2.01. The molecular formula is C7H2F4N2. The Morgan fingerprint density at radius 1 is 1.38 bits per heavy atom. The van der Waals surface area contributed by atoms with Crippen LogP contribution in [0.15, 0.2) is 6.07 Å². The number of hydrogen-bond acceptors (Lipinski definition) is 2. The summed E-state index contributed by atoms with van der Waals surface area (Å²) in [6, 6.07) is 1.80. The summed E-state index contributed by atoms with van der Waals surface area (Å²) in [7, 11) is 0. The molecule has 0 atom stereocenters. The lowest BCUT2D eigenvalue weighted by atomic mass is 10.3. The topological polar surface area (TPSA) is 36.7 Å². The van der Waals surface area contributed by atoms with E-state index in [4.69, 9.17) is 5.26 Å². The van der Waals surface area contributed by atoms with E-state index in [-0.39, 0.29) is 0 Å². The minimum absolute atomic E-state index is 0.460. The number of aromatic nitrogens is 1. The number of pyridine rings is 1. The third-order valence-corrected chi connectivity index (χ3v) is 1.26. The van der Waals surface area contributed by atoms with Crippen molar-refractivity contribution in [3.63, 3.8) is 0 Å². The number of nitrogens with zero attached hydrogens (tertiary/aromatic N) is 2. The van der Waals surface area contributed by atoms with Gasteiger partial charge in [-0.05, 0) is 0 Å². The third kappa shape index (κ3) is 1.75. The standard InChI is InChI=1S/C7H2F4N2/c8-4-1-3(2-12)13-6(5(4)9)7(10)11/h1,7H. The molecule has 0 aliphatic rings. The van der Waals surface area contributed by atoms with E-state index in [0.29, 0.717) is 6.07 Å².